The molecular formula is C31H29NO6S. The first kappa shape index (κ1) is 26.3. The Balaban J connectivity index is 1.60. The molecule has 0 spiro atoms. The first-order chi connectivity index (χ1) is 18.8. The summed E-state index contributed by atoms with van der Waals surface area (Å²) in [6.07, 6.45) is 0.219. The number of carbonyl (C=O) groups excluding carboxylic acids is 1. The predicted octanol–water partition coefficient (Wildman–Crippen LogP) is 5.51. The number of rotatable bonds is 7. The predicted molar refractivity (Wildman–Crippen MR) is 149 cm³/mol. The van der Waals surface area contributed by atoms with E-state index in [1.807, 2.05) is 49.4 Å². The monoisotopic (exact) mass is 543 g/mol. The lowest BCUT2D eigenvalue weighted by Gasteiger charge is -2.29. The molecule has 0 saturated carbocycles. The Morgan fingerprint density at radius 2 is 1.56 bits per heavy atom. The number of aryl methyl sites for hydroxylation is 1. The molecule has 0 bridgehead atoms. The summed E-state index contributed by atoms with van der Waals surface area (Å²) in [6, 6.07) is 25.9. The van der Waals surface area contributed by atoms with E-state index in [0.717, 1.165) is 26.6 Å². The second kappa shape index (κ2) is 10.8. The number of nitrogens with zero attached hydrogens (tertiary/aromatic N) is 1. The van der Waals surface area contributed by atoms with E-state index in [4.69, 9.17) is 14.2 Å². The van der Waals surface area contributed by atoms with Gasteiger partial charge < -0.3 is 14.2 Å². The molecule has 4 aromatic carbocycles. The third-order valence-corrected chi connectivity index (χ3v) is 8.63. The number of hydrogen-bond donors (Lipinski definition) is 0. The summed E-state index contributed by atoms with van der Waals surface area (Å²) in [7, 11) is -1.14. The van der Waals surface area contributed by atoms with Crippen LogP contribution in [0.1, 0.15) is 21.5 Å². The van der Waals surface area contributed by atoms with Crippen molar-refractivity contribution in [2.45, 2.75) is 24.3 Å². The Morgan fingerprint density at radius 1 is 0.846 bits per heavy atom. The Hall–Kier alpha value is -4.30. The minimum Gasteiger partial charge on any atom is -0.493 e. The second-order valence-electron chi connectivity index (χ2n) is 9.35. The molecule has 7 nitrogen and oxygen atoms in total. The normalized spacial score (nSPS) is 15.2. The van der Waals surface area contributed by atoms with Gasteiger partial charge in [-0.2, -0.15) is 0 Å². The fourth-order valence-corrected chi connectivity index (χ4v) is 6.27. The summed E-state index contributed by atoms with van der Waals surface area (Å²) in [4.78, 5) is 14.2. The van der Waals surface area contributed by atoms with Crippen molar-refractivity contribution in [2.24, 2.45) is 0 Å². The van der Waals surface area contributed by atoms with Gasteiger partial charge in [0.2, 0.25) is 0 Å². The van der Waals surface area contributed by atoms with Crippen LogP contribution >= 0.6 is 0 Å². The van der Waals surface area contributed by atoms with Gasteiger partial charge in [0.15, 0.2) is 11.5 Å². The van der Waals surface area contributed by atoms with E-state index in [0.29, 0.717) is 17.2 Å². The minimum atomic E-state index is -4.22. The Morgan fingerprint density at radius 3 is 2.26 bits per heavy atom. The van der Waals surface area contributed by atoms with Gasteiger partial charge >= 0.3 is 0 Å². The molecule has 8 heteroatoms. The van der Waals surface area contributed by atoms with Crippen molar-refractivity contribution in [1.82, 2.24) is 4.31 Å². The van der Waals surface area contributed by atoms with E-state index in [1.165, 1.54) is 19.2 Å². The molecule has 0 aliphatic carbocycles. The molecule has 0 radical (unpaired) electrons. The first-order valence-electron chi connectivity index (χ1n) is 12.5. The standard InChI is InChI=1S/C31H29NO6S/c1-21-9-13-26(14-10-21)39(34,35)32-25(17-22-11-15-29(36-2)30(18-22)37-3)20-38-28-16-12-24(19-27(28)31(32)33)23-7-5-4-6-8-23/h4-16,18-19,25H,17,20H2,1-3H3. The maximum Gasteiger partial charge on any atom is 0.271 e. The van der Waals surface area contributed by atoms with Crippen LogP contribution < -0.4 is 14.2 Å². The van der Waals surface area contributed by atoms with Crippen molar-refractivity contribution in [3.63, 3.8) is 0 Å². The lowest BCUT2D eigenvalue weighted by Crippen LogP contribution is -2.47. The maximum atomic E-state index is 14.2. The van der Waals surface area contributed by atoms with Gasteiger partial charge in [-0.3, -0.25) is 4.79 Å². The van der Waals surface area contributed by atoms with E-state index < -0.39 is 22.0 Å². The highest BCUT2D eigenvalue weighted by Gasteiger charge is 2.40. The van der Waals surface area contributed by atoms with Crippen LogP contribution in [0.2, 0.25) is 0 Å². The highest BCUT2D eigenvalue weighted by molar-refractivity contribution is 7.89. The summed E-state index contributed by atoms with van der Waals surface area (Å²) in [5, 5.41) is 0. The van der Waals surface area contributed by atoms with Crippen LogP contribution in [0, 0.1) is 6.92 Å². The molecule has 1 heterocycles. The van der Waals surface area contributed by atoms with Crippen LogP contribution in [0.3, 0.4) is 0 Å². The van der Waals surface area contributed by atoms with Crippen LogP contribution in [-0.4, -0.2) is 45.5 Å². The van der Waals surface area contributed by atoms with Crippen LogP contribution in [0.15, 0.2) is 95.9 Å². The van der Waals surface area contributed by atoms with Gasteiger partial charge in [-0.1, -0.05) is 60.2 Å². The van der Waals surface area contributed by atoms with Gasteiger partial charge in [-0.05, 0) is 66.4 Å². The number of fused-ring (bicyclic) bond motifs is 1. The van der Waals surface area contributed by atoms with Crippen LogP contribution in [0.25, 0.3) is 11.1 Å². The van der Waals surface area contributed by atoms with E-state index in [2.05, 4.69) is 0 Å². The molecule has 200 valence electrons. The van der Waals surface area contributed by atoms with E-state index >= 15 is 0 Å². The number of hydrogen-bond acceptors (Lipinski definition) is 6. The molecule has 0 fully saturated rings. The summed E-state index contributed by atoms with van der Waals surface area (Å²) in [6.45, 7) is 1.87. The number of carbonyl (C=O) groups is 1. The van der Waals surface area contributed by atoms with Gasteiger partial charge in [-0.15, -0.1) is 0 Å². The third kappa shape index (κ3) is 5.20. The molecular weight excluding hydrogens is 514 g/mol. The van der Waals surface area contributed by atoms with E-state index in [1.54, 1.807) is 43.5 Å². The van der Waals surface area contributed by atoms with Crippen molar-refractivity contribution in [1.29, 1.82) is 0 Å². The molecule has 0 saturated heterocycles. The first-order valence-corrected chi connectivity index (χ1v) is 13.9. The van der Waals surface area contributed by atoms with Crippen molar-refractivity contribution >= 4 is 15.9 Å². The third-order valence-electron chi connectivity index (χ3n) is 6.78. The number of amides is 1. The molecule has 1 aliphatic rings. The van der Waals surface area contributed by atoms with Gasteiger partial charge in [0, 0.05) is 0 Å². The Bertz CT molecular complexity index is 1600. The quantitative estimate of drug-likeness (QED) is 0.306. The zero-order valence-electron chi connectivity index (χ0n) is 22.0. The lowest BCUT2D eigenvalue weighted by atomic mass is 10.0. The highest BCUT2D eigenvalue weighted by Crippen LogP contribution is 2.35. The van der Waals surface area contributed by atoms with Crippen LogP contribution in [0.4, 0.5) is 0 Å². The lowest BCUT2D eigenvalue weighted by molar-refractivity contribution is 0.0814. The van der Waals surface area contributed by atoms with Crippen molar-refractivity contribution < 1.29 is 27.4 Å². The average Bonchev–Trinajstić information content (AvgIpc) is 3.09. The summed E-state index contributed by atoms with van der Waals surface area (Å²) < 4.78 is 46.0. The molecule has 4 aromatic rings. The van der Waals surface area contributed by atoms with Gasteiger partial charge in [0.25, 0.3) is 15.9 Å². The fraction of sp³-hybridized carbons (Fsp3) is 0.194. The molecule has 1 unspecified atom stereocenters. The van der Waals surface area contributed by atoms with Crippen molar-refractivity contribution in [3.8, 4) is 28.4 Å². The average molecular weight is 544 g/mol. The van der Waals surface area contributed by atoms with Crippen LogP contribution in [0.5, 0.6) is 17.2 Å². The molecule has 1 amide bonds. The molecule has 5 rings (SSSR count). The van der Waals surface area contributed by atoms with Gasteiger partial charge in [0.05, 0.1) is 30.7 Å². The zero-order chi connectivity index (χ0) is 27.6. The number of ether oxygens (including phenoxy) is 3. The molecule has 0 aromatic heterocycles. The van der Waals surface area contributed by atoms with Crippen molar-refractivity contribution in [3.05, 3.63) is 108 Å². The maximum absolute atomic E-state index is 14.2. The van der Waals surface area contributed by atoms with Gasteiger partial charge in [-0.25, -0.2) is 12.7 Å². The largest absolute Gasteiger partial charge is 0.493 e. The Labute approximate surface area is 228 Å². The number of benzene rings is 4. The summed E-state index contributed by atoms with van der Waals surface area (Å²) >= 11 is 0. The fourth-order valence-electron chi connectivity index (χ4n) is 4.72. The zero-order valence-corrected chi connectivity index (χ0v) is 22.8. The summed E-state index contributed by atoms with van der Waals surface area (Å²) in [5.74, 6) is 0.781. The van der Waals surface area contributed by atoms with Gasteiger partial charge in [0.1, 0.15) is 12.4 Å². The molecule has 1 aliphatic heterocycles. The van der Waals surface area contributed by atoms with E-state index in [-0.39, 0.29) is 23.5 Å². The highest BCUT2D eigenvalue weighted by atomic mass is 32.2. The van der Waals surface area contributed by atoms with Crippen molar-refractivity contribution in [2.75, 3.05) is 20.8 Å². The Kier molecular flexibility index (Phi) is 7.30. The smallest absolute Gasteiger partial charge is 0.271 e. The van der Waals surface area contributed by atoms with Crippen LogP contribution in [-0.2, 0) is 16.4 Å². The number of sulfonamides is 1. The SMILES string of the molecule is COc1ccc(CC2COc3ccc(-c4ccccc4)cc3C(=O)N2S(=O)(=O)c2ccc(C)cc2)cc1OC. The molecule has 1 atom stereocenters. The topological polar surface area (TPSA) is 82.1 Å². The molecule has 39 heavy (non-hydrogen) atoms. The summed E-state index contributed by atoms with van der Waals surface area (Å²) in [5.41, 5.74) is 3.58. The van der Waals surface area contributed by atoms with E-state index in [9.17, 15) is 13.2 Å². The minimum absolute atomic E-state index is 0.0111. The molecule has 0 N–H and O–H groups in total. The second-order valence-corrected chi connectivity index (χ2v) is 11.2. The number of methoxy groups -OCH3 is 2.